The molecule has 3 aromatic rings. The standard InChI is InChI=1S/C27H29N3O2/c1-20-9-5-6-12-23(20)27(32)28-22-15-17-30(18-16-22)19-26(31)29-25-14-8-7-13-24(25)21-10-3-2-4-11-21/h2-14,22H,15-19H2,1H3,(H,28,32)(H,29,31). The Balaban J connectivity index is 1.28. The first-order chi connectivity index (χ1) is 15.6. The van der Waals surface area contributed by atoms with E-state index in [-0.39, 0.29) is 17.9 Å². The molecule has 5 heteroatoms. The first kappa shape index (κ1) is 21.8. The molecule has 0 atom stereocenters. The number of rotatable bonds is 6. The predicted octanol–water partition coefficient (Wildman–Crippen LogP) is 4.49. The number of anilines is 1. The third-order valence-corrected chi connectivity index (χ3v) is 5.97. The van der Waals surface area contributed by atoms with Gasteiger partial charge in [-0.3, -0.25) is 14.5 Å². The molecular formula is C27H29N3O2. The van der Waals surface area contributed by atoms with Crippen LogP contribution in [0.1, 0.15) is 28.8 Å². The van der Waals surface area contributed by atoms with Crippen LogP contribution < -0.4 is 10.6 Å². The molecule has 1 heterocycles. The van der Waals surface area contributed by atoms with Crippen LogP contribution in [0, 0.1) is 6.92 Å². The van der Waals surface area contributed by atoms with Crippen molar-refractivity contribution < 1.29 is 9.59 Å². The molecule has 0 aliphatic carbocycles. The summed E-state index contributed by atoms with van der Waals surface area (Å²) in [5.74, 6) is -0.0346. The molecule has 164 valence electrons. The number of hydrogen-bond acceptors (Lipinski definition) is 3. The topological polar surface area (TPSA) is 61.4 Å². The van der Waals surface area contributed by atoms with Gasteiger partial charge < -0.3 is 10.6 Å². The molecule has 32 heavy (non-hydrogen) atoms. The van der Waals surface area contributed by atoms with Gasteiger partial charge >= 0.3 is 0 Å². The van der Waals surface area contributed by atoms with Crippen molar-refractivity contribution in [2.24, 2.45) is 0 Å². The second-order valence-corrected chi connectivity index (χ2v) is 8.30. The molecule has 2 N–H and O–H groups in total. The van der Waals surface area contributed by atoms with Crippen molar-refractivity contribution in [3.63, 3.8) is 0 Å². The minimum atomic E-state index is -0.0178. The number of piperidine rings is 1. The summed E-state index contributed by atoms with van der Waals surface area (Å²) in [5, 5.41) is 6.23. The third kappa shape index (κ3) is 5.42. The number of aryl methyl sites for hydroxylation is 1. The van der Waals surface area contributed by atoms with Gasteiger partial charge in [-0.05, 0) is 43.0 Å². The van der Waals surface area contributed by atoms with Crippen molar-refractivity contribution in [2.75, 3.05) is 25.0 Å². The quantitative estimate of drug-likeness (QED) is 0.609. The molecule has 0 radical (unpaired) electrons. The number of likely N-dealkylation sites (tertiary alicyclic amines) is 1. The van der Waals surface area contributed by atoms with Crippen LogP contribution in [0.5, 0.6) is 0 Å². The molecule has 0 unspecified atom stereocenters. The van der Waals surface area contributed by atoms with Gasteiger partial charge in [0.05, 0.1) is 6.54 Å². The molecule has 4 rings (SSSR count). The average molecular weight is 428 g/mol. The minimum absolute atomic E-state index is 0.0168. The van der Waals surface area contributed by atoms with Gasteiger partial charge in [-0.25, -0.2) is 0 Å². The molecule has 1 aliphatic rings. The van der Waals surface area contributed by atoms with E-state index in [1.54, 1.807) is 0 Å². The molecule has 5 nitrogen and oxygen atoms in total. The van der Waals surface area contributed by atoms with Gasteiger partial charge in [0.25, 0.3) is 5.91 Å². The normalized spacial score (nSPS) is 14.7. The maximum Gasteiger partial charge on any atom is 0.251 e. The minimum Gasteiger partial charge on any atom is -0.349 e. The van der Waals surface area contributed by atoms with E-state index < -0.39 is 0 Å². The smallest absolute Gasteiger partial charge is 0.251 e. The van der Waals surface area contributed by atoms with Gasteiger partial charge in [-0.15, -0.1) is 0 Å². The van der Waals surface area contributed by atoms with E-state index >= 15 is 0 Å². The highest BCUT2D eigenvalue weighted by Crippen LogP contribution is 2.27. The van der Waals surface area contributed by atoms with Gasteiger partial charge in [0.15, 0.2) is 0 Å². The average Bonchev–Trinajstić information content (AvgIpc) is 2.81. The summed E-state index contributed by atoms with van der Waals surface area (Å²) in [5.41, 5.74) is 4.62. The summed E-state index contributed by atoms with van der Waals surface area (Å²) in [6.07, 6.45) is 1.68. The van der Waals surface area contributed by atoms with Crippen molar-refractivity contribution in [1.82, 2.24) is 10.2 Å². The highest BCUT2D eigenvalue weighted by atomic mass is 16.2. The van der Waals surface area contributed by atoms with Crippen LogP contribution in [-0.4, -0.2) is 42.4 Å². The Morgan fingerprint density at radius 3 is 2.28 bits per heavy atom. The second-order valence-electron chi connectivity index (χ2n) is 8.30. The van der Waals surface area contributed by atoms with Gasteiger partial charge in [0.2, 0.25) is 5.91 Å². The predicted molar refractivity (Wildman–Crippen MR) is 129 cm³/mol. The van der Waals surface area contributed by atoms with Crippen molar-refractivity contribution in [3.8, 4) is 11.1 Å². The van der Waals surface area contributed by atoms with Crippen LogP contribution in [0.2, 0.25) is 0 Å². The van der Waals surface area contributed by atoms with E-state index in [9.17, 15) is 9.59 Å². The van der Waals surface area contributed by atoms with Gasteiger partial charge in [-0.2, -0.15) is 0 Å². The zero-order valence-corrected chi connectivity index (χ0v) is 18.4. The molecule has 0 saturated carbocycles. The zero-order valence-electron chi connectivity index (χ0n) is 18.4. The zero-order chi connectivity index (χ0) is 22.3. The monoisotopic (exact) mass is 427 g/mol. The van der Waals surface area contributed by atoms with E-state index in [1.807, 2.05) is 85.8 Å². The van der Waals surface area contributed by atoms with Crippen LogP contribution in [0.4, 0.5) is 5.69 Å². The summed E-state index contributed by atoms with van der Waals surface area (Å²) < 4.78 is 0. The molecule has 1 aliphatic heterocycles. The van der Waals surface area contributed by atoms with E-state index in [1.165, 1.54) is 0 Å². The Morgan fingerprint density at radius 1 is 0.875 bits per heavy atom. The van der Waals surface area contributed by atoms with Crippen molar-refractivity contribution in [1.29, 1.82) is 0 Å². The summed E-state index contributed by atoms with van der Waals surface area (Å²) in [4.78, 5) is 27.4. The summed E-state index contributed by atoms with van der Waals surface area (Å²) in [7, 11) is 0. The number of nitrogens with one attached hydrogen (secondary N) is 2. The Bertz CT molecular complexity index is 1070. The molecule has 0 spiro atoms. The Kier molecular flexibility index (Phi) is 6.97. The molecule has 0 bridgehead atoms. The highest BCUT2D eigenvalue weighted by molar-refractivity contribution is 5.97. The SMILES string of the molecule is Cc1ccccc1C(=O)NC1CCN(CC(=O)Nc2ccccc2-c2ccccc2)CC1. The largest absolute Gasteiger partial charge is 0.349 e. The Labute approximate surface area is 189 Å². The van der Waals surface area contributed by atoms with Crippen LogP contribution in [0.3, 0.4) is 0 Å². The Morgan fingerprint density at radius 2 is 1.53 bits per heavy atom. The van der Waals surface area contributed by atoms with Crippen molar-refractivity contribution in [2.45, 2.75) is 25.8 Å². The lowest BCUT2D eigenvalue weighted by Gasteiger charge is -2.32. The van der Waals surface area contributed by atoms with Crippen LogP contribution >= 0.6 is 0 Å². The van der Waals surface area contributed by atoms with Crippen LogP contribution in [0.15, 0.2) is 78.9 Å². The van der Waals surface area contributed by atoms with Gasteiger partial charge in [-0.1, -0.05) is 66.7 Å². The lowest BCUT2D eigenvalue weighted by molar-refractivity contribution is -0.117. The van der Waals surface area contributed by atoms with Crippen molar-refractivity contribution in [3.05, 3.63) is 90.0 Å². The maximum absolute atomic E-state index is 12.7. The third-order valence-electron chi connectivity index (χ3n) is 5.97. The molecule has 2 amide bonds. The number of nitrogens with zero attached hydrogens (tertiary/aromatic N) is 1. The number of carbonyl (C=O) groups excluding carboxylic acids is 2. The van der Waals surface area contributed by atoms with Crippen molar-refractivity contribution >= 4 is 17.5 Å². The van der Waals surface area contributed by atoms with E-state index in [0.29, 0.717) is 6.54 Å². The summed E-state index contributed by atoms with van der Waals surface area (Å²) in [6.45, 7) is 3.87. The summed E-state index contributed by atoms with van der Waals surface area (Å²) in [6, 6.07) is 25.7. The van der Waals surface area contributed by atoms with Crippen LogP contribution in [0.25, 0.3) is 11.1 Å². The highest BCUT2D eigenvalue weighted by Gasteiger charge is 2.23. The lowest BCUT2D eigenvalue weighted by atomic mass is 10.0. The lowest BCUT2D eigenvalue weighted by Crippen LogP contribution is -2.46. The second kappa shape index (κ2) is 10.2. The number of para-hydroxylation sites is 1. The van der Waals surface area contributed by atoms with E-state index in [2.05, 4.69) is 15.5 Å². The Hall–Kier alpha value is -3.44. The molecule has 3 aromatic carbocycles. The fourth-order valence-corrected chi connectivity index (χ4v) is 4.18. The summed E-state index contributed by atoms with van der Waals surface area (Å²) >= 11 is 0. The molecular weight excluding hydrogens is 398 g/mol. The van der Waals surface area contributed by atoms with Gasteiger partial charge in [0.1, 0.15) is 0 Å². The molecule has 0 aromatic heterocycles. The fraction of sp³-hybridized carbons (Fsp3) is 0.259. The first-order valence-corrected chi connectivity index (χ1v) is 11.1. The number of benzene rings is 3. The number of carbonyl (C=O) groups is 2. The number of amides is 2. The molecule has 1 saturated heterocycles. The first-order valence-electron chi connectivity index (χ1n) is 11.1. The van der Waals surface area contributed by atoms with E-state index in [0.717, 1.165) is 53.9 Å². The number of hydrogen-bond donors (Lipinski definition) is 2. The maximum atomic E-state index is 12.7. The van der Waals surface area contributed by atoms with E-state index in [4.69, 9.17) is 0 Å². The molecule has 1 fully saturated rings. The fourth-order valence-electron chi connectivity index (χ4n) is 4.18. The van der Waals surface area contributed by atoms with Gasteiger partial charge in [0, 0.05) is 35.9 Å². The van der Waals surface area contributed by atoms with Crippen LogP contribution in [-0.2, 0) is 4.79 Å².